The number of alkyl halides is 3. The van der Waals surface area contributed by atoms with Crippen LogP contribution in [-0.4, -0.2) is 40.2 Å². The Bertz CT molecular complexity index is 1140. The molecule has 1 N–H and O–H groups in total. The Morgan fingerprint density at radius 3 is 1.89 bits per heavy atom. The molecule has 0 aromatic heterocycles. The topological polar surface area (TPSA) is 55.8 Å². The second-order valence-electron chi connectivity index (χ2n) is 7.99. The zero-order valence-electron chi connectivity index (χ0n) is 19.6. The van der Waals surface area contributed by atoms with Crippen LogP contribution in [0.1, 0.15) is 22.8 Å². The highest BCUT2D eigenvalue weighted by Gasteiger charge is 2.33. The Labute approximate surface area is 226 Å². The zero-order valence-corrected chi connectivity index (χ0v) is 21.9. The number of aliphatic hydroxyl groups is 1. The third-order valence-corrected chi connectivity index (χ3v) is 7.01. The van der Waals surface area contributed by atoms with E-state index in [9.17, 15) is 17.4 Å². The Kier molecular flexibility index (Phi) is 10.9. The first-order valence-corrected chi connectivity index (χ1v) is 13.5. The van der Waals surface area contributed by atoms with E-state index in [0.29, 0.717) is 38.9 Å². The lowest BCUT2D eigenvalue weighted by atomic mass is 10.0. The molecule has 10 heteroatoms. The Morgan fingerprint density at radius 1 is 0.865 bits per heavy atom. The number of aliphatic hydroxyl groups excluding tert-OH is 1. The molecule has 0 saturated heterocycles. The molecule has 0 aliphatic rings. The monoisotopic (exact) mass is 572 g/mol. The first-order valence-electron chi connectivity index (χ1n) is 11.3. The van der Waals surface area contributed by atoms with E-state index in [1.54, 1.807) is 48.5 Å². The molecule has 1 unspecified atom stereocenters. The Morgan fingerprint density at radius 2 is 1.38 bits per heavy atom. The summed E-state index contributed by atoms with van der Waals surface area (Å²) in [6.45, 7) is 0.466. The lowest BCUT2D eigenvalue weighted by Crippen LogP contribution is -2.16. The van der Waals surface area contributed by atoms with E-state index < -0.39 is 22.7 Å². The number of hydrogen-bond acceptors (Lipinski definition) is 4. The summed E-state index contributed by atoms with van der Waals surface area (Å²) in [4.78, 5) is 0. The fourth-order valence-corrected chi connectivity index (χ4v) is 4.33. The number of rotatable bonds is 12. The summed E-state index contributed by atoms with van der Waals surface area (Å²) in [5.41, 5.74) is 2.40. The summed E-state index contributed by atoms with van der Waals surface area (Å²) < 4.78 is 61.2. The molecule has 0 bridgehead atoms. The third kappa shape index (κ3) is 9.70. The molecule has 3 aromatic rings. The summed E-state index contributed by atoms with van der Waals surface area (Å²) >= 11 is 12.0. The van der Waals surface area contributed by atoms with E-state index in [1.165, 1.54) is 0 Å². The summed E-state index contributed by atoms with van der Waals surface area (Å²) in [6, 6.07) is 21.1. The van der Waals surface area contributed by atoms with Gasteiger partial charge >= 0.3 is 6.18 Å². The van der Waals surface area contributed by atoms with Gasteiger partial charge in [-0.15, -0.1) is 0 Å². The molecule has 4 nitrogen and oxygen atoms in total. The van der Waals surface area contributed by atoms with Gasteiger partial charge in [-0.2, -0.15) is 13.2 Å². The van der Waals surface area contributed by atoms with E-state index >= 15 is 0 Å². The van der Waals surface area contributed by atoms with Crippen molar-refractivity contribution in [2.45, 2.75) is 18.7 Å². The first-order chi connectivity index (χ1) is 17.6. The van der Waals surface area contributed by atoms with E-state index in [1.807, 2.05) is 24.3 Å². The van der Waals surface area contributed by atoms with Crippen LogP contribution in [0.2, 0.25) is 10.0 Å². The molecule has 0 aliphatic heterocycles. The molecule has 198 valence electrons. The minimum Gasteiger partial charge on any atom is -0.504 e. The van der Waals surface area contributed by atoms with Crippen LogP contribution >= 0.6 is 23.2 Å². The van der Waals surface area contributed by atoms with Crippen LogP contribution in [0.25, 0.3) is 0 Å². The lowest BCUT2D eigenvalue weighted by molar-refractivity contribution is -0.120. The van der Waals surface area contributed by atoms with Crippen molar-refractivity contribution in [3.8, 4) is 5.75 Å². The van der Waals surface area contributed by atoms with E-state index in [4.69, 9.17) is 37.8 Å². The average Bonchev–Trinajstić information content (AvgIpc) is 2.87. The van der Waals surface area contributed by atoms with Crippen molar-refractivity contribution in [3.63, 3.8) is 0 Å². The van der Waals surface area contributed by atoms with Gasteiger partial charge < -0.3 is 14.6 Å². The van der Waals surface area contributed by atoms with Crippen LogP contribution in [0.4, 0.5) is 13.2 Å². The van der Waals surface area contributed by atoms with Crippen LogP contribution in [0.3, 0.4) is 0 Å². The molecular weight excluding hydrogens is 548 g/mol. The number of allylic oxidation sites excluding steroid dienone is 2. The fraction of sp³-hybridized carbons (Fsp3) is 0.259. The predicted octanol–water partition coefficient (Wildman–Crippen LogP) is 7.47. The zero-order chi connectivity index (χ0) is 26.8. The number of ether oxygens (including phenoxy) is 2. The standard InChI is InChI=1S/C27H25Cl2F3O4S/c28-22-8-4-20(5-9-22)26(21-6-10-23(29)11-7-21)36-16-18-37(34)17-15-35-24-12-1-19(2-13-24)3-14-25(33)27(30,31)32/h1-2,4-14,26,33H,3,15-18H2/b25-14-. The van der Waals surface area contributed by atoms with E-state index in [0.717, 1.165) is 11.1 Å². The SMILES string of the molecule is O=S(CCOc1ccc(C/C=C(\O)C(F)(F)F)cc1)CCOC(c1ccc(Cl)cc1)c1ccc(Cl)cc1. The maximum atomic E-state index is 12.5. The molecule has 37 heavy (non-hydrogen) atoms. The second kappa shape index (κ2) is 13.9. The number of halogens is 5. The van der Waals surface area contributed by atoms with Crippen molar-refractivity contribution in [1.82, 2.24) is 0 Å². The average molecular weight is 573 g/mol. The summed E-state index contributed by atoms with van der Waals surface area (Å²) in [6.07, 6.45) is -4.47. The van der Waals surface area contributed by atoms with Crippen LogP contribution in [0.15, 0.2) is 84.6 Å². The Hall–Kier alpha value is -2.52. The minimum atomic E-state index is -4.75. The second-order valence-corrected chi connectivity index (χ2v) is 10.6. The van der Waals surface area contributed by atoms with Crippen molar-refractivity contribution in [2.24, 2.45) is 0 Å². The van der Waals surface area contributed by atoms with Crippen LogP contribution in [0, 0.1) is 0 Å². The quantitative estimate of drug-likeness (QED) is 0.229. The molecule has 0 amide bonds. The maximum Gasteiger partial charge on any atom is 0.448 e. The van der Waals surface area contributed by atoms with Gasteiger partial charge in [0, 0.05) is 26.6 Å². The maximum absolute atomic E-state index is 12.5. The van der Waals surface area contributed by atoms with Gasteiger partial charge in [-0.25, -0.2) is 0 Å². The fourth-order valence-electron chi connectivity index (χ4n) is 3.33. The summed E-state index contributed by atoms with van der Waals surface area (Å²) in [7, 11) is -1.19. The normalized spacial score (nSPS) is 13.1. The van der Waals surface area contributed by atoms with Crippen LogP contribution < -0.4 is 4.74 Å². The summed E-state index contributed by atoms with van der Waals surface area (Å²) in [5, 5.41) is 10.2. The molecule has 0 saturated carbocycles. The third-order valence-electron chi connectivity index (χ3n) is 5.27. The van der Waals surface area contributed by atoms with Crippen molar-refractivity contribution in [1.29, 1.82) is 0 Å². The molecule has 3 rings (SSSR count). The predicted molar refractivity (Wildman–Crippen MR) is 141 cm³/mol. The molecular formula is C27H25Cl2F3O4S. The highest BCUT2D eigenvalue weighted by Crippen LogP contribution is 2.28. The molecule has 0 aliphatic carbocycles. The van der Waals surface area contributed by atoms with E-state index in [2.05, 4.69) is 0 Å². The van der Waals surface area contributed by atoms with Gasteiger partial charge in [0.05, 0.1) is 19.0 Å². The largest absolute Gasteiger partial charge is 0.504 e. The Balaban J connectivity index is 1.45. The van der Waals surface area contributed by atoms with Gasteiger partial charge in [-0.05, 0) is 65.6 Å². The molecule has 0 fully saturated rings. The molecule has 0 heterocycles. The summed E-state index contributed by atoms with van der Waals surface area (Å²) in [5.74, 6) is -0.506. The molecule has 0 spiro atoms. The van der Waals surface area contributed by atoms with Gasteiger partial charge in [-0.3, -0.25) is 4.21 Å². The van der Waals surface area contributed by atoms with Gasteiger partial charge in [0.2, 0.25) is 0 Å². The van der Waals surface area contributed by atoms with Crippen LogP contribution in [0.5, 0.6) is 5.75 Å². The number of benzene rings is 3. The van der Waals surface area contributed by atoms with E-state index in [-0.39, 0.29) is 25.7 Å². The van der Waals surface area contributed by atoms with Crippen LogP contribution in [-0.2, 0) is 22.0 Å². The minimum absolute atomic E-state index is 0.0668. The van der Waals surface area contributed by atoms with Gasteiger partial charge in [0.15, 0.2) is 5.76 Å². The lowest BCUT2D eigenvalue weighted by Gasteiger charge is -2.19. The van der Waals surface area contributed by atoms with Gasteiger partial charge in [0.25, 0.3) is 0 Å². The molecule has 1 atom stereocenters. The van der Waals surface area contributed by atoms with Gasteiger partial charge in [0.1, 0.15) is 11.9 Å². The highest BCUT2D eigenvalue weighted by molar-refractivity contribution is 7.85. The molecule has 3 aromatic carbocycles. The van der Waals surface area contributed by atoms with Crippen molar-refractivity contribution < 1.29 is 32.0 Å². The van der Waals surface area contributed by atoms with Crippen molar-refractivity contribution >= 4 is 34.0 Å². The number of hydrogen-bond donors (Lipinski definition) is 1. The highest BCUT2D eigenvalue weighted by atomic mass is 35.5. The first kappa shape index (κ1) is 29.0. The van der Waals surface area contributed by atoms with Gasteiger partial charge in [-0.1, -0.05) is 59.6 Å². The smallest absolute Gasteiger partial charge is 0.448 e. The van der Waals surface area contributed by atoms with Crippen molar-refractivity contribution in [2.75, 3.05) is 24.7 Å². The van der Waals surface area contributed by atoms with Crippen molar-refractivity contribution in [3.05, 3.63) is 111 Å². The molecule has 0 radical (unpaired) electrons.